The van der Waals surface area contributed by atoms with E-state index >= 15 is 0 Å². The highest BCUT2D eigenvalue weighted by molar-refractivity contribution is 7.91. The van der Waals surface area contributed by atoms with Gasteiger partial charge in [0.25, 0.3) is 5.91 Å². The van der Waals surface area contributed by atoms with Crippen molar-refractivity contribution in [3.63, 3.8) is 0 Å². The van der Waals surface area contributed by atoms with Crippen LogP contribution < -0.4 is 20.1 Å². The highest BCUT2D eigenvalue weighted by Gasteiger charge is 2.62. The number of sulfonamides is 1. The Morgan fingerprint density at radius 1 is 1.12 bits per heavy atom. The van der Waals surface area contributed by atoms with Gasteiger partial charge < -0.3 is 20.3 Å². The molecule has 4 bridgehead atoms. The van der Waals surface area contributed by atoms with E-state index in [1.807, 2.05) is 45.9 Å². The van der Waals surface area contributed by atoms with Gasteiger partial charge in [-0.25, -0.2) is 8.42 Å². The third-order valence-electron chi connectivity index (χ3n) is 10.8. The zero-order valence-electron chi connectivity index (χ0n) is 29.5. The van der Waals surface area contributed by atoms with Gasteiger partial charge >= 0.3 is 0 Å². The Kier molecular flexibility index (Phi) is 9.80. The molecule has 3 fully saturated rings. The molecular weight excluding hydrogens is 657 g/mol. The Morgan fingerprint density at radius 2 is 1.88 bits per heavy atom. The molecule has 0 aromatic heterocycles. The van der Waals surface area contributed by atoms with Crippen molar-refractivity contribution in [1.82, 2.24) is 20.3 Å². The minimum atomic E-state index is -3.86. The number of fused-ring (bicyclic) bond motifs is 3. The molecule has 3 N–H and O–H groups in total. The third-order valence-corrected chi connectivity index (χ3v) is 12.6. The van der Waals surface area contributed by atoms with Crippen molar-refractivity contribution in [1.29, 1.82) is 0 Å². The lowest BCUT2D eigenvalue weighted by Crippen LogP contribution is -2.57. The van der Waals surface area contributed by atoms with E-state index in [9.17, 15) is 27.6 Å². The average molecular weight is 707 g/mol. The zero-order valence-corrected chi connectivity index (χ0v) is 30.3. The van der Waals surface area contributed by atoms with Gasteiger partial charge in [0.05, 0.1) is 11.8 Å². The van der Waals surface area contributed by atoms with Crippen molar-refractivity contribution in [2.24, 2.45) is 17.8 Å². The van der Waals surface area contributed by atoms with Crippen LogP contribution in [-0.2, 0) is 35.6 Å². The Balaban J connectivity index is 1.32. The van der Waals surface area contributed by atoms with Crippen LogP contribution in [0.15, 0.2) is 49.1 Å². The van der Waals surface area contributed by atoms with E-state index in [4.69, 9.17) is 4.74 Å². The molecule has 4 amide bonds. The van der Waals surface area contributed by atoms with Crippen LogP contribution >= 0.6 is 0 Å². The lowest BCUT2D eigenvalue weighted by molar-refractivity contribution is -0.145. The summed E-state index contributed by atoms with van der Waals surface area (Å²) in [5.74, 6) is -2.67. The monoisotopic (exact) mass is 706 g/mol. The highest BCUT2D eigenvalue weighted by atomic mass is 32.2. The van der Waals surface area contributed by atoms with E-state index in [0.29, 0.717) is 18.6 Å². The van der Waals surface area contributed by atoms with Crippen LogP contribution in [0.2, 0.25) is 0 Å². The van der Waals surface area contributed by atoms with Crippen LogP contribution in [0.25, 0.3) is 10.8 Å². The summed E-state index contributed by atoms with van der Waals surface area (Å²) in [5.41, 5.74) is -0.785. The molecule has 1 saturated heterocycles. The first-order valence-electron chi connectivity index (χ1n) is 17.9. The molecule has 0 unspecified atom stereocenters. The Bertz CT molecular complexity index is 1800. The summed E-state index contributed by atoms with van der Waals surface area (Å²) in [5, 5.41) is 7.34. The maximum absolute atomic E-state index is 14.4. The van der Waals surface area contributed by atoms with Gasteiger partial charge in [-0.3, -0.25) is 23.9 Å². The van der Waals surface area contributed by atoms with Gasteiger partial charge in [0.1, 0.15) is 23.4 Å². The maximum atomic E-state index is 14.4. The van der Waals surface area contributed by atoms with E-state index in [2.05, 4.69) is 40.1 Å². The number of hydrogen-bond donors (Lipinski definition) is 3. The molecule has 2 aliphatic heterocycles. The predicted molar refractivity (Wildman–Crippen MR) is 190 cm³/mol. The van der Waals surface area contributed by atoms with E-state index < -0.39 is 62.1 Å². The normalized spacial score (nSPS) is 28.7. The minimum absolute atomic E-state index is 0.0376. The summed E-state index contributed by atoms with van der Waals surface area (Å²) in [7, 11) is -3.86. The van der Waals surface area contributed by atoms with E-state index in [1.165, 1.54) is 16.5 Å². The first-order chi connectivity index (χ1) is 23.6. The second-order valence-electron chi connectivity index (χ2n) is 15.7. The van der Waals surface area contributed by atoms with Crippen molar-refractivity contribution in [3.8, 4) is 5.75 Å². The molecule has 50 heavy (non-hydrogen) atoms. The molecule has 2 saturated carbocycles. The average Bonchev–Trinajstić information content (AvgIpc) is 3.98. The van der Waals surface area contributed by atoms with E-state index in [1.54, 1.807) is 0 Å². The number of amides is 4. The van der Waals surface area contributed by atoms with Crippen molar-refractivity contribution in [2.45, 2.75) is 114 Å². The molecule has 5 atom stereocenters. The zero-order chi connectivity index (χ0) is 36.0. The Hall–Kier alpha value is -3.93. The van der Waals surface area contributed by atoms with Crippen molar-refractivity contribution < 1.29 is 32.3 Å². The summed E-state index contributed by atoms with van der Waals surface area (Å²) in [6.45, 7) is 11.7. The number of rotatable bonds is 7. The van der Waals surface area contributed by atoms with E-state index in [0.717, 1.165) is 36.5 Å². The van der Waals surface area contributed by atoms with Gasteiger partial charge in [0.2, 0.25) is 27.7 Å². The summed E-state index contributed by atoms with van der Waals surface area (Å²) in [6.07, 6.45) is 5.77. The molecule has 2 aromatic carbocycles. The van der Waals surface area contributed by atoms with Crippen LogP contribution in [0.3, 0.4) is 0 Å². The molecule has 6 rings (SSSR count). The molecule has 2 aliphatic carbocycles. The largest absolute Gasteiger partial charge is 0.488 e. The van der Waals surface area contributed by atoms with Gasteiger partial charge in [-0.15, -0.1) is 6.58 Å². The molecule has 0 radical (unpaired) electrons. The standard InChI is InChI=1S/C38H50N4O7S/c1-6-26-21-38(26,36(46)41-50(47,48)28-15-16-28)40-34(44)31-19-27-22-42(31)35(45)29(23(2)3)20-33(43)39-37(4,5)17-8-7-10-24-13-14-25-11-9-12-32(49-27)30(25)18-24/h6,9,11-14,18,23,26-29,31H,1,7-8,10,15-17,19-22H2,2-5H3,(H,39,43)(H,40,44)(H,41,46)/t26-,27-,29+,31+,38-/m1/s1. The number of hydrogen-bond acceptors (Lipinski definition) is 7. The fourth-order valence-electron chi connectivity index (χ4n) is 7.53. The van der Waals surface area contributed by atoms with Gasteiger partial charge in [-0.1, -0.05) is 50.6 Å². The number of aryl methyl sites for hydroxylation is 1. The number of carbonyl (C=O) groups is 4. The number of ether oxygens (including phenoxy) is 1. The van der Waals surface area contributed by atoms with Gasteiger partial charge in [0, 0.05) is 35.6 Å². The molecule has 2 heterocycles. The summed E-state index contributed by atoms with van der Waals surface area (Å²) in [6, 6.07) is 11.2. The topological polar surface area (TPSA) is 151 Å². The van der Waals surface area contributed by atoms with Gasteiger partial charge in [-0.2, -0.15) is 0 Å². The molecule has 12 heteroatoms. The summed E-state index contributed by atoms with van der Waals surface area (Å²) in [4.78, 5) is 57.0. The van der Waals surface area contributed by atoms with Gasteiger partial charge in [-0.05, 0) is 81.4 Å². The van der Waals surface area contributed by atoms with Crippen molar-refractivity contribution >= 4 is 44.4 Å². The second-order valence-corrected chi connectivity index (χ2v) is 17.6. The Morgan fingerprint density at radius 3 is 2.56 bits per heavy atom. The first-order valence-corrected chi connectivity index (χ1v) is 19.5. The quantitative estimate of drug-likeness (QED) is 0.367. The van der Waals surface area contributed by atoms with Crippen molar-refractivity contribution in [3.05, 3.63) is 54.6 Å². The third kappa shape index (κ3) is 7.55. The molecule has 270 valence electrons. The lowest BCUT2D eigenvalue weighted by Gasteiger charge is -2.32. The first kappa shape index (κ1) is 35.9. The maximum Gasteiger partial charge on any atom is 0.259 e. The number of nitrogens with one attached hydrogen (secondary N) is 3. The second kappa shape index (κ2) is 13.7. The summed E-state index contributed by atoms with van der Waals surface area (Å²) < 4.78 is 34.1. The number of carbonyl (C=O) groups excluding carboxylic acids is 4. The van der Waals surface area contributed by atoms with E-state index in [-0.39, 0.29) is 43.5 Å². The van der Waals surface area contributed by atoms with Crippen LogP contribution in [0.1, 0.15) is 84.6 Å². The molecule has 4 aliphatic rings. The SMILES string of the molecule is C=C[C@@H]1C[C@]1(NC(=O)[C@@H]1C[C@@H]2CN1C(=O)[C@H](C(C)C)CC(=O)NC(C)(C)CCCCc1ccc3cccc(c3c1)O2)C(=O)NS(=O)(=O)C1CC1. The fourth-order valence-corrected chi connectivity index (χ4v) is 8.89. The highest BCUT2D eigenvalue weighted by Crippen LogP contribution is 2.45. The molecule has 0 spiro atoms. The number of benzene rings is 2. The van der Waals surface area contributed by atoms with Crippen LogP contribution in [0.4, 0.5) is 0 Å². The van der Waals surface area contributed by atoms with Crippen LogP contribution in [0.5, 0.6) is 5.75 Å². The predicted octanol–water partition coefficient (Wildman–Crippen LogP) is 4.14. The summed E-state index contributed by atoms with van der Waals surface area (Å²) >= 11 is 0. The van der Waals surface area contributed by atoms with Gasteiger partial charge in [0.15, 0.2) is 0 Å². The fraction of sp³-hybridized carbons (Fsp3) is 0.579. The molecule has 11 nitrogen and oxygen atoms in total. The number of nitrogens with zero attached hydrogens (tertiary/aromatic N) is 1. The van der Waals surface area contributed by atoms with Crippen LogP contribution in [0, 0.1) is 17.8 Å². The molecule has 2 aromatic rings. The Labute approximate surface area is 295 Å². The van der Waals surface area contributed by atoms with Crippen LogP contribution in [-0.4, -0.2) is 72.0 Å². The lowest BCUT2D eigenvalue weighted by atomic mass is 9.89. The minimum Gasteiger partial charge on any atom is -0.488 e. The molecular formula is C38H50N4O7S. The smallest absolute Gasteiger partial charge is 0.259 e. The van der Waals surface area contributed by atoms with Crippen molar-refractivity contribution in [2.75, 3.05) is 6.54 Å².